The molecule has 0 aromatic heterocycles. The molecule has 0 saturated carbocycles. The number of fused-ring (bicyclic) bond motifs is 1. The summed E-state index contributed by atoms with van der Waals surface area (Å²) in [5, 5.41) is 3.44. The summed E-state index contributed by atoms with van der Waals surface area (Å²) in [5.41, 5.74) is 3.00. The van der Waals surface area contributed by atoms with Gasteiger partial charge in [0.2, 0.25) is 0 Å². The Morgan fingerprint density at radius 1 is 1.16 bits per heavy atom. The van der Waals surface area contributed by atoms with Crippen LogP contribution in [0.25, 0.3) is 0 Å². The van der Waals surface area contributed by atoms with Crippen LogP contribution in [-0.4, -0.2) is 19.7 Å². The summed E-state index contributed by atoms with van der Waals surface area (Å²) in [5.74, 6) is 1.84. The van der Waals surface area contributed by atoms with Crippen molar-refractivity contribution < 1.29 is 4.74 Å². The summed E-state index contributed by atoms with van der Waals surface area (Å²) in [6.07, 6.45) is 6.33. The van der Waals surface area contributed by atoms with Crippen LogP contribution in [0.4, 0.5) is 0 Å². The number of aryl methyl sites for hydroxylation is 2. The lowest BCUT2D eigenvalue weighted by atomic mass is 10.1. The third-order valence-electron chi connectivity index (χ3n) is 3.75. The van der Waals surface area contributed by atoms with Crippen molar-refractivity contribution >= 4 is 0 Å². The van der Waals surface area contributed by atoms with Crippen LogP contribution in [0, 0.1) is 5.92 Å². The van der Waals surface area contributed by atoms with E-state index in [-0.39, 0.29) is 0 Å². The second-order valence-corrected chi connectivity index (χ2v) is 5.92. The summed E-state index contributed by atoms with van der Waals surface area (Å²) in [4.78, 5) is 0. The maximum atomic E-state index is 5.80. The Morgan fingerprint density at radius 2 is 2.00 bits per heavy atom. The Balaban J connectivity index is 1.58. The molecular formula is C17H27NO. The summed E-state index contributed by atoms with van der Waals surface area (Å²) in [6, 6.07) is 6.57. The second-order valence-electron chi connectivity index (χ2n) is 5.92. The first-order valence-electron chi connectivity index (χ1n) is 7.71. The molecule has 0 aliphatic heterocycles. The quantitative estimate of drug-likeness (QED) is 0.722. The van der Waals surface area contributed by atoms with Crippen molar-refractivity contribution in [3.63, 3.8) is 0 Å². The van der Waals surface area contributed by atoms with Crippen LogP contribution in [0.5, 0.6) is 5.75 Å². The molecule has 2 rings (SSSR count). The number of hydrogen-bond donors (Lipinski definition) is 1. The molecule has 0 atom stereocenters. The first-order valence-corrected chi connectivity index (χ1v) is 7.71. The normalized spacial score (nSPS) is 13.8. The number of rotatable bonds is 8. The molecule has 0 amide bonds. The van der Waals surface area contributed by atoms with E-state index < -0.39 is 0 Å². The van der Waals surface area contributed by atoms with Crippen molar-refractivity contribution in [1.29, 1.82) is 0 Å². The predicted molar refractivity (Wildman–Crippen MR) is 80.9 cm³/mol. The zero-order valence-electron chi connectivity index (χ0n) is 12.4. The molecule has 0 saturated heterocycles. The fraction of sp³-hybridized carbons (Fsp3) is 0.647. The molecule has 1 aliphatic rings. The molecular weight excluding hydrogens is 234 g/mol. The molecule has 1 aromatic rings. The van der Waals surface area contributed by atoms with Crippen molar-refractivity contribution in [2.75, 3.05) is 19.7 Å². The van der Waals surface area contributed by atoms with Gasteiger partial charge in [-0.05, 0) is 67.8 Å². The van der Waals surface area contributed by atoms with Crippen molar-refractivity contribution in [3.8, 4) is 5.75 Å². The maximum Gasteiger partial charge on any atom is 0.119 e. The van der Waals surface area contributed by atoms with Gasteiger partial charge in [0.25, 0.3) is 0 Å². The number of hydrogen-bond acceptors (Lipinski definition) is 2. The van der Waals surface area contributed by atoms with Gasteiger partial charge in [-0.25, -0.2) is 0 Å². The molecule has 0 bridgehead atoms. The van der Waals surface area contributed by atoms with Crippen molar-refractivity contribution in [2.45, 2.75) is 46.0 Å². The van der Waals surface area contributed by atoms with Crippen LogP contribution in [0.15, 0.2) is 18.2 Å². The highest BCUT2D eigenvalue weighted by atomic mass is 16.5. The summed E-state index contributed by atoms with van der Waals surface area (Å²) >= 11 is 0. The standard InChI is InChI=1S/C17H27NO/c1-14(2)5-4-10-18-11-12-19-17-9-8-15-6-3-7-16(15)13-17/h8-9,13-14,18H,3-7,10-12H2,1-2H3. The average Bonchev–Trinajstić information content (AvgIpc) is 2.84. The molecule has 1 aliphatic carbocycles. The minimum Gasteiger partial charge on any atom is -0.492 e. The van der Waals surface area contributed by atoms with Crippen LogP contribution in [0.2, 0.25) is 0 Å². The molecule has 1 N–H and O–H groups in total. The number of ether oxygens (including phenoxy) is 1. The van der Waals surface area contributed by atoms with Crippen LogP contribution >= 0.6 is 0 Å². The fourth-order valence-corrected chi connectivity index (χ4v) is 2.64. The first-order chi connectivity index (χ1) is 9.25. The molecule has 1 aromatic carbocycles. The van der Waals surface area contributed by atoms with E-state index in [2.05, 4.69) is 37.4 Å². The lowest BCUT2D eigenvalue weighted by molar-refractivity contribution is 0.313. The largest absolute Gasteiger partial charge is 0.492 e. The zero-order chi connectivity index (χ0) is 13.5. The van der Waals surface area contributed by atoms with Gasteiger partial charge in [-0.1, -0.05) is 19.9 Å². The van der Waals surface area contributed by atoms with Crippen LogP contribution < -0.4 is 10.1 Å². The molecule has 19 heavy (non-hydrogen) atoms. The third kappa shape index (κ3) is 4.87. The van der Waals surface area contributed by atoms with E-state index >= 15 is 0 Å². The Labute approximate surface area is 117 Å². The Bertz CT molecular complexity index is 387. The van der Waals surface area contributed by atoms with Crippen molar-refractivity contribution in [2.24, 2.45) is 5.92 Å². The van der Waals surface area contributed by atoms with Gasteiger partial charge < -0.3 is 10.1 Å². The monoisotopic (exact) mass is 261 g/mol. The lowest BCUT2D eigenvalue weighted by Gasteiger charge is -2.09. The highest BCUT2D eigenvalue weighted by Crippen LogP contribution is 2.25. The molecule has 106 valence electrons. The SMILES string of the molecule is CC(C)CCCNCCOc1ccc2c(c1)CCC2. The van der Waals surface area contributed by atoms with Gasteiger partial charge in [0, 0.05) is 6.54 Å². The van der Waals surface area contributed by atoms with Gasteiger partial charge >= 0.3 is 0 Å². The van der Waals surface area contributed by atoms with Gasteiger partial charge in [-0.2, -0.15) is 0 Å². The van der Waals surface area contributed by atoms with Crippen LogP contribution in [-0.2, 0) is 12.8 Å². The van der Waals surface area contributed by atoms with Gasteiger partial charge in [0.15, 0.2) is 0 Å². The van der Waals surface area contributed by atoms with Gasteiger partial charge in [-0.15, -0.1) is 0 Å². The first kappa shape index (κ1) is 14.4. The Hall–Kier alpha value is -1.02. The molecule has 0 radical (unpaired) electrons. The lowest BCUT2D eigenvalue weighted by Crippen LogP contribution is -2.22. The third-order valence-corrected chi connectivity index (χ3v) is 3.75. The zero-order valence-corrected chi connectivity index (χ0v) is 12.4. The number of nitrogens with one attached hydrogen (secondary N) is 1. The van der Waals surface area contributed by atoms with Gasteiger partial charge in [0.1, 0.15) is 12.4 Å². The van der Waals surface area contributed by atoms with E-state index in [1.165, 1.54) is 43.2 Å². The number of benzene rings is 1. The summed E-state index contributed by atoms with van der Waals surface area (Å²) in [7, 11) is 0. The van der Waals surface area contributed by atoms with Crippen LogP contribution in [0.1, 0.15) is 44.2 Å². The smallest absolute Gasteiger partial charge is 0.119 e. The molecule has 2 heteroatoms. The minimum atomic E-state index is 0.764. The van der Waals surface area contributed by atoms with E-state index in [1.54, 1.807) is 0 Å². The van der Waals surface area contributed by atoms with Gasteiger partial charge in [0.05, 0.1) is 0 Å². The second kappa shape index (κ2) is 7.54. The van der Waals surface area contributed by atoms with Crippen molar-refractivity contribution in [3.05, 3.63) is 29.3 Å². The molecule has 0 fully saturated rings. The molecule has 2 nitrogen and oxygen atoms in total. The van der Waals surface area contributed by atoms with Gasteiger partial charge in [-0.3, -0.25) is 0 Å². The van der Waals surface area contributed by atoms with E-state index in [9.17, 15) is 0 Å². The van der Waals surface area contributed by atoms with E-state index in [4.69, 9.17) is 4.74 Å². The molecule has 0 unspecified atom stereocenters. The average molecular weight is 261 g/mol. The molecule has 0 spiro atoms. The topological polar surface area (TPSA) is 21.3 Å². The predicted octanol–water partition coefficient (Wildman–Crippen LogP) is 3.58. The van der Waals surface area contributed by atoms with Crippen molar-refractivity contribution in [1.82, 2.24) is 5.32 Å². The minimum absolute atomic E-state index is 0.764. The van der Waals surface area contributed by atoms with E-state index in [1.807, 2.05) is 0 Å². The molecule has 0 heterocycles. The summed E-state index contributed by atoms with van der Waals surface area (Å²) in [6.45, 7) is 7.36. The Kier molecular flexibility index (Phi) is 5.71. The Morgan fingerprint density at radius 3 is 2.84 bits per heavy atom. The maximum absolute atomic E-state index is 5.80. The fourth-order valence-electron chi connectivity index (χ4n) is 2.64. The van der Waals surface area contributed by atoms with E-state index in [0.29, 0.717) is 0 Å². The van der Waals surface area contributed by atoms with E-state index in [0.717, 1.165) is 31.4 Å². The highest BCUT2D eigenvalue weighted by molar-refractivity contribution is 5.38. The summed E-state index contributed by atoms with van der Waals surface area (Å²) < 4.78 is 5.80. The highest BCUT2D eigenvalue weighted by Gasteiger charge is 2.10. The van der Waals surface area contributed by atoms with Crippen LogP contribution in [0.3, 0.4) is 0 Å².